The summed E-state index contributed by atoms with van der Waals surface area (Å²) in [6.45, 7) is 9.01. The number of thioether (sulfide) groups is 2. The van der Waals surface area contributed by atoms with Crippen LogP contribution in [0.15, 0.2) is 0 Å². The monoisotopic (exact) mass is 279 g/mol. The summed E-state index contributed by atoms with van der Waals surface area (Å²) in [6, 6.07) is 0. The maximum atomic E-state index is 11.3. The zero-order valence-corrected chi connectivity index (χ0v) is 12.9. The molecule has 0 aromatic heterocycles. The summed E-state index contributed by atoms with van der Waals surface area (Å²) in [5.41, 5.74) is 0. The highest BCUT2D eigenvalue weighted by molar-refractivity contribution is 8.47. The number of carbonyl (C=O) groups excluding carboxylic acids is 1. The first-order chi connectivity index (χ1) is 7.41. The Kier molecular flexibility index (Phi) is 8.50. The maximum Gasteiger partial charge on any atom is 0.220 e. The van der Waals surface area contributed by atoms with E-state index in [2.05, 4.69) is 26.1 Å². The van der Waals surface area contributed by atoms with Gasteiger partial charge in [-0.3, -0.25) is 4.79 Å². The van der Waals surface area contributed by atoms with E-state index in [9.17, 15) is 4.79 Å². The van der Waals surface area contributed by atoms with E-state index in [1.807, 2.05) is 6.92 Å². The molecule has 2 nitrogen and oxygen atoms in total. The number of hydrogen-bond acceptors (Lipinski definition) is 4. The average Bonchev–Trinajstić information content (AvgIpc) is 2.15. The predicted octanol–water partition coefficient (Wildman–Crippen LogP) is 3.45. The Bertz CT molecular complexity index is 241. The van der Waals surface area contributed by atoms with Gasteiger partial charge < -0.3 is 5.32 Å². The Morgan fingerprint density at radius 1 is 1.38 bits per heavy atom. The summed E-state index contributed by atoms with van der Waals surface area (Å²) in [7, 11) is 0. The highest BCUT2D eigenvalue weighted by atomic mass is 32.2. The first-order valence-corrected chi connectivity index (χ1v) is 7.74. The second kappa shape index (κ2) is 8.37. The van der Waals surface area contributed by atoms with Crippen LogP contribution in [0.1, 0.15) is 40.5 Å². The van der Waals surface area contributed by atoms with Gasteiger partial charge in [0.1, 0.15) is 3.53 Å². The van der Waals surface area contributed by atoms with Crippen LogP contribution in [0.2, 0.25) is 0 Å². The number of carbonyl (C=O) groups is 1. The normalized spacial score (nSPS) is 11.2. The van der Waals surface area contributed by atoms with Crippen molar-refractivity contribution in [3.8, 4) is 0 Å². The molecule has 0 unspecified atom stereocenters. The van der Waals surface area contributed by atoms with Crippen molar-refractivity contribution in [2.45, 2.75) is 45.3 Å². The summed E-state index contributed by atoms with van der Waals surface area (Å²) in [6.07, 6.45) is 1.43. The van der Waals surface area contributed by atoms with E-state index in [0.29, 0.717) is 13.0 Å². The van der Waals surface area contributed by atoms with E-state index in [1.165, 1.54) is 0 Å². The molecule has 0 rings (SSSR count). The molecule has 0 heterocycles. The van der Waals surface area contributed by atoms with Crippen LogP contribution in [0, 0.1) is 0 Å². The molecule has 1 N–H and O–H groups in total. The smallest absolute Gasteiger partial charge is 0.220 e. The zero-order valence-electron chi connectivity index (χ0n) is 10.5. The van der Waals surface area contributed by atoms with Gasteiger partial charge in [0, 0.05) is 17.7 Å². The number of nitrogens with one attached hydrogen (secondary N) is 1. The van der Waals surface area contributed by atoms with Crippen molar-refractivity contribution < 1.29 is 4.79 Å². The maximum absolute atomic E-state index is 11.3. The summed E-state index contributed by atoms with van der Waals surface area (Å²) in [4.78, 5) is 11.3. The second-order valence-electron chi connectivity index (χ2n) is 4.00. The van der Waals surface area contributed by atoms with Gasteiger partial charge in [-0.1, -0.05) is 33.0 Å². The molecular formula is C11H21NOS3. The molecule has 1 amide bonds. The van der Waals surface area contributed by atoms with Crippen LogP contribution in [-0.4, -0.2) is 26.5 Å². The Morgan fingerprint density at radius 3 is 2.50 bits per heavy atom. The first-order valence-electron chi connectivity index (χ1n) is 5.53. The van der Waals surface area contributed by atoms with Gasteiger partial charge in [-0.15, -0.1) is 23.5 Å². The molecule has 0 aromatic rings. The zero-order chi connectivity index (χ0) is 12.6. The van der Waals surface area contributed by atoms with Crippen LogP contribution < -0.4 is 5.32 Å². The molecule has 0 aliphatic heterocycles. The Hall–Kier alpha value is 0.260. The van der Waals surface area contributed by atoms with Gasteiger partial charge in [0.15, 0.2) is 0 Å². The van der Waals surface area contributed by atoms with Crippen LogP contribution >= 0.6 is 35.7 Å². The molecule has 0 atom stereocenters. The predicted molar refractivity (Wildman–Crippen MR) is 80.3 cm³/mol. The van der Waals surface area contributed by atoms with Gasteiger partial charge in [-0.25, -0.2) is 0 Å². The highest BCUT2D eigenvalue weighted by Gasteiger charge is 2.21. The fourth-order valence-electron chi connectivity index (χ4n) is 1.12. The molecule has 5 heteroatoms. The van der Waals surface area contributed by atoms with Crippen molar-refractivity contribution in [2.24, 2.45) is 0 Å². The minimum absolute atomic E-state index is 0.0460. The van der Waals surface area contributed by atoms with Gasteiger partial charge in [0.25, 0.3) is 0 Å². The molecule has 0 aromatic carbocycles. The summed E-state index contributed by atoms with van der Waals surface area (Å²) in [5, 5.41) is 2.81. The number of amides is 1. The molecule has 0 fully saturated rings. The molecular weight excluding hydrogens is 258 g/mol. The van der Waals surface area contributed by atoms with Gasteiger partial charge in [-0.05, 0) is 19.1 Å². The van der Waals surface area contributed by atoms with Crippen LogP contribution in [-0.2, 0) is 4.79 Å². The third-order valence-electron chi connectivity index (χ3n) is 1.95. The van der Waals surface area contributed by atoms with Crippen LogP contribution in [0.3, 0.4) is 0 Å². The third kappa shape index (κ3) is 8.42. The fourth-order valence-corrected chi connectivity index (χ4v) is 4.31. The van der Waals surface area contributed by atoms with Gasteiger partial charge in [0.05, 0.1) is 0 Å². The van der Waals surface area contributed by atoms with E-state index in [0.717, 1.165) is 15.7 Å². The number of hydrogen-bond donors (Lipinski definition) is 1. The molecule has 0 spiro atoms. The van der Waals surface area contributed by atoms with Crippen molar-refractivity contribution in [1.82, 2.24) is 5.32 Å². The second-order valence-corrected chi connectivity index (χ2v) is 8.17. The summed E-state index contributed by atoms with van der Waals surface area (Å²) in [5.74, 6) is 1.14. The van der Waals surface area contributed by atoms with Crippen LogP contribution in [0.4, 0.5) is 0 Å². The largest absolute Gasteiger partial charge is 0.356 e. The quantitative estimate of drug-likeness (QED) is 0.754. The summed E-state index contributed by atoms with van der Waals surface area (Å²) >= 11 is 8.66. The molecule has 0 aliphatic rings. The van der Waals surface area contributed by atoms with Crippen molar-refractivity contribution in [2.75, 3.05) is 12.3 Å². The van der Waals surface area contributed by atoms with Gasteiger partial charge in [-0.2, -0.15) is 0 Å². The Labute approximate surface area is 113 Å². The van der Waals surface area contributed by atoms with E-state index < -0.39 is 0 Å². The van der Waals surface area contributed by atoms with E-state index >= 15 is 0 Å². The SMILES string of the molecule is CCNC(=O)CCC(C)(C)SC(=S)SCC. The molecule has 0 aliphatic carbocycles. The lowest BCUT2D eigenvalue weighted by Gasteiger charge is -2.23. The number of thiocarbonyl (C=S) groups is 1. The molecule has 0 radical (unpaired) electrons. The summed E-state index contributed by atoms with van der Waals surface area (Å²) < 4.78 is 1.02. The van der Waals surface area contributed by atoms with Crippen molar-refractivity contribution in [3.63, 3.8) is 0 Å². The van der Waals surface area contributed by atoms with Gasteiger partial charge in [0.2, 0.25) is 5.91 Å². The third-order valence-corrected chi connectivity index (χ3v) is 4.60. The van der Waals surface area contributed by atoms with E-state index in [1.54, 1.807) is 23.5 Å². The topological polar surface area (TPSA) is 29.1 Å². The molecule has 0 bridgehead atoms. The van der Waals surface area contributed by atoms with Gasteiger partial charge >= 0.3 is 0 Å². The lowest BCUT2D eigenvalue weighted by Crippen LogP contribution is -2.26. The van der Waals surface area contributed by atoms with E-state index in [-0.39, 0.29) is 10.7 Å². The van der Waals surface area contributed by atoms with E-state index in [4.69, 9.17) is 12.2 Å². The molecule has 94 valence electrons. The van der Waals surface area contributed by atoms with Crippen molar-refractivity contribution in [1.29, 1.82) is 0 Å². The Morgan fingerprint density at radius 2 is 2.00 bits per heavy atom. The lowest BCUT2D eigenvalue weighted by atomic mass is 10.1. The Balaban J connectivity index is 3.94. The lowest BCUT2D eigenvalue weighted by molar-refractivity contribution is -0.121. The van der Waals surface area contributed by atoms with Crippen molar-refractivity contribution >= 4 is 45.2 Å². The average molecular weight is 279 g/mol. The first kappa shape index (κ1) is 16.3. The molecule has 0 saturated carbocycles. The number of rotatable bonds is 6. The van der Waals surface area contributed by atoms with Crippen LogP contribution in [0.25, 0.3) is 0 Å². The minimum atomic E-state index is 0.0460. The van der Waals surface area contributed by atoms with Crippen LogP contribution in [0.5, 0.6) is 0 Å². The van der Waals surface area contributed by atoms with Crippen molar-refractivity contribution in [3.05, 3.63) is 0 Å². The fraction of sp³-hybridized carbons (Fsp3) is 0.818. The highest BCUT2D eigenvalue weighted by Crippen LogP contribution is 2.34. The standard InChI is InChI=1S/C11H21NOS3/c1-5-12-9(13)7-8-11(3,4)16-10(14)15-6-2/h5-8H2,1-4H3,(H,12,13). The molecule has 16 heavy (non-hydrogen) atoms. The minimum Gasteiger partial charge on any atom is -0.356 e. The molecule has 0 saturated heterocycles.